The van der Waals surface area contributed by atoms with Gasteiger partial charge in [-0.05, 0) is 19.1 Å². The molecule has 0 saturated heterocycles. The lowest BCUT2D eigenvalue weighted by Gasteiger charge is -2.07. The molecular weight excluding hydrogens is 277 g/mol. The number of amides is 1. The van der Waals surface area contributed by atoms with Gasteiger partial charge in [0, 0.05) is 6.20 Å². The maximum Gasteiger partial charge on any atom is 0.416 e. The summed E-state index contributed by atoms with van der Waals surface area (Å²) in [6.07, 6.45) is -3.85. The van der Waals surface area contributed by atoms with Crippen LogP contribution < -0.4 is 5.32 Å². The van der Waals surface area contributed by atoms with Gasteiger partial charge in [0.1, 0.15) is 0 Å². The van der Waals surface area contributed by atoms with Crippen LogP contribution in [-0.4, -0.2) is 27.3 Å². The molecule has 0 unspecified atom stereocenters. The van der Waals surface area contributed by atoms with Gasteiger partial charge in [-0.15, -0.1) is 10.2 Å². The number of rotatable bonds is 3. The number of pyridine rings is 1. The summed E-state index contributed by atoms with van der Waals surface area (Å²) in [6.45, 7) is 1.89. The molecule has 9 heteroatoms. The summed E-state index contributed by atoms with van der Waals surface area (Å²) in [5, 5.41) is 9.78. The summed E-state index contributed by atoms with van der Waals surface area (Å²) >= 11 is 0. The molecule has 20 heavy (non-hydrogen) atoms. The van der Waals surface area contributed by atoms with Crippen LogP contribution >= 0.6 is 0 Å². The molecule has 0 aliphatic rings. The fraction of sp³-hybridized carbons (Fsp3) is 0.364. The Morgan fingerprint density at radius 2 is 2.20 bits per heavy atom. The molecular formula is C11H11F3N4O2. The van der Waals surface area contributed by atoms with Crippen LogP contribution in [0.1, 0.15) is 18.3 Å². The van der Waals surface area contributed by atoms with Crippen molar-refractivity contribution >= 4 is 11.7 Å². The van der Waals surface area contributed by atoms with Crippen molar-refractivity contribution in [3.63, 3.8) is 0 Å². The van der Waals surface area contributed by atoms with Crippen molar-refractivity contribution in [2.75, 3.05) is 6.61 Å². The SMILES string of the molecule is CCOC(=O)NCc1nnc2cc(C(F)(F)F)ccn12. The van der Waals surface area contributed by atoms with Crippen LogP contribution in [0.15, 0.2) is 18.3 Å². The number of hydrogen-bond donors (Lipinski definition) is 1. The van der Waals surface area contributed by atoms with E-state index in [4.69, 9.17) is 0 Å². The molecule has 1 N–H and O–H groups in total. The number of halogens is 3. The van der Waals surface area contributed by atoms with Crippen molar-refractivity contribution in [2.45, 2.75) is 19.6 Å². The van der Waals surface area contributed by atoms with Crippen LogP contribution in [0.3, 0.4) is 0 Å². The average Bonchev–Trinajstić information content (AvgIpc) is 2.78. The predicted molar refractivity (Wildman–Crippen MR) is 61.9 cm³/mol. The number of alkyl carbamates (subject to hydrolysis) is 1. The van der Waals surface area contributed by atoms with Crippen LogP contribution in [0, 0.1) is 0 Å². The fourth-order valence-corrected chi connectivity index (χ4v) is 1.57. The second-order valence-corrected chi connectivity index (χ2v) is 3.83. The molecule has 0 fully saturated rings. The first-order valence-electron chi connectivity index (χ1n) is 5.73. The third-order valence-corrected chi connectivity index (χ3v) is 2.47. The Morgan fingerprint density at radius 3 is 2.85 bits per heavy atom. The van der Waals surface area contributed by atoms with Crippen LogP contribution in [0.25, 0.3) is 5.65 Å². The van der Waals surface area contributed by atoms with Gasteiger partial charge in [-0.25, -0.2) is 4.79 Å². The van der Waals surface area contributed by atoms with E-state index in [1.54, 1.807) is 6.92 Å². The molecule has 0 spiro atoms. The Hall–Kier alpha value is -2.32. The van der Waals surface area contributed by atoms with E-state index in [2.05, 4.69) is 20.3 Å². The highest BCUT2D eigenvalue weighted by molar-refractivity contribution is 5.66. The predicted octanol–water partition coefficient (Wildman–Crippen LogP) is 1.99. The molecule has 2 rings (SSSR count). The first kappa shape index (κ1) is 14.1. The Labute approximate surface area is 111 Å². The van der Waals surface area contributed by atoms with Gasteiger partial charge in [-0.1, -0.05) is 0 Å². The second kappa shape index (κ2) is 5.35. The van der Waals surface area contributed by atoms with Crippen LogP contribution in [0.2, 0.25) is 0 Å². The standard InChI is InChI=1S/C11H11F3N4O2/c1-2-20-10(19)15-6-9-17-16-8-5-7(11(12,13)14)3-4-18(8)9/h3-5H,2,6H2,1H3,(H,15,19). The van der Waals surface area contributed by atoms with Crippen molar-refractivity contribution in [1.82, 2.24) is 19.9 Å². The molecule has 0 atom stereocenters. The Morgan fingerprint density at radius 1 is 1.45 bits per heavy atom. The third-order valence-electron chi connectivity index (χ3n) is 2.47. The number of fused-ring (bicyclic) bond motifs is 1. The van der Waals surface area contributed by atoms with Gasteiger partial charge in [-0.2, -0.15) is 13.2 Å². The maximum absolute atomic E-state index is 12.5. The van der Waals surface area contributed by atoms with E-state index in [1.165, 1.54) is 10.6 Å². The number of nitrogens with zero attached hydrogens (tertiary/aromatic N) is 3. The molecule has 0 aromatic carbocycles. The van der Waals surface area contributed by atoms with Gasteiger partial charge in [0.15, 0.2) is 11.5 Å². The molecule has 0 bridgehead atoms. The summed E-state index contributed by atoms with van der Waals surface area (Å²) in [7, 11) is 0. The van der Waals surface area contributed by atoms with Gasteiger partial charge in [0.2, 0.25) is 0 Å². The third kappa shape index (κ3) is 2.98. The first-order chi connectivity index (χ1) is 9.41. The Kier molecular flexibility index (Phi) is 3.77. The fourth-order valence-electron chi connectivity index (χ4n) is 1.57. The minimum atomic E-state index is -4.43. The van der Waals surface area contributed by atoms with E-state index in [1.807, 2.05) is 0 Å². The van der Waals surface area contributed by atoms with Crippen molar-refractivity contribution in [3.05, 3.63) is 29.7 Å². The maximum atomic E-state index is 12.5. The number of ether oxygens (including phenoxy) is 1. The smallest absolute Gasteiger partial charge is 0.416 e. The summed E-state index contributed by atoms with van der Waals surface area (Å²) in [5.74, 6) is 0.307. The quantitative estimate of drug-likeness (QED) is 0.938. The van der Waals surface area contributed by atoms with Gasteiger partial charge < -0.3 is 10.1 Å². The van der Waals surface area contributed by atoms with E-state index >= 15 is 0 Å². The van der Waals surface area contributed by atoms with Crippen LogP contribution in [0.4, 0.5) is 18.0 Å². The van der Waals surface area contributed by atoms with E-state index in [0.717, 1.165) is 12.1 Å². The average molecular weight is 288 g/mol. The minimum Gasteiger partial charge on any atom is -0.450 e. The number of nitrogens with one attached hydrogen (secondary N) is 1. The number of aromatic nitrogens is 3. The number of alkyl halides is 3. The van der Waals surface area contributed by atoms with Gasteiger partial charge in [0.05, 0.1) is 18.7 Å². The normalized spacial score (nSPS) is 11.6. The second-order valence-electron chi connectivity index (χ2n) is 3.83. The highest BCUT2D eigenvalue weighted by atomic mass is 19.4. The highest BCUT2D eigenvalue weighted by Gasteiger charge is 2.31. The molecule has 2 aromatic heterocycles. The van der Waals surface area contributed by atoms with Gasteiger partial charge in [0.25, 0.3) is 0 Å². The van der Waals surface area contributed by atoms with Crippen LogP contribution in [-0.2, 0) is 17.5 Å². The molecule has 6 nitrogen and oxygen atoms in total. The molecule has 1 amide bonds. The van der Waals surface area contributed by atoms with Crippen molar-refractivity contribution in [1.29, 1.82) is 0 Å². The molecule has 0 saturated carbocycles. The van der Waals surface area contributed by atoms with Gasteiger partial charge in [-0.3, -0.25) is 4.40 Å². The Balaban J connectivity index is 2.19. The van der Waals surface area contributed by atoms with Crippen molar-refractivity contribution in [2.24, 2.45) is 0 Å². The number of carbonyl (C=O) groups excluding carboxylic acids is 1. The van der Waals surface area contributed by atoms with E-state index in [9.17, 15) is 18.0 Å². The molecule has 0 radical (unpaired) electrons. The zero-order chi connectivity index (χ0) is 14.8. The molecule has 2 aromatic rings. The van der Waals surface area contributed by atoms with Crippen molar-refractivity contribution < 1.29 is 22.7 Å². The summed E-state index contributed by atoms with van der Waals surface area (Å²) in [4.78, 5) is 11.1. The monoisotopic (exact) mass is 288 g/mol. The van der Waals surface area contributed by atoms with Crippen LogP contribution in [0.5, 0.6) is 0 Å². The summed E-state index contributed by atoms with van der Waals surface area (Å²) in [5.41, 5.74) is -0.747. The molecule has 0 aliphatic heterocycles. The summed E-state index contributed by atoms with van der Waals surface area (Å²) < 4.78 is 43.6. The number of hydrogen-bond acceptors (Lipinski definition) is 4. The lowest BCUT2D eigenvalue weighted by atomic mass is 10.2. The lowest BCUT2D eigenvalue weighted by Crippen LogP contribution is -2.24. The van der Waals surface area contributed by atoms with Crippen molar-refractivity contribution in [3.8, 4) is 0 Å². The van der Waals surface area contributed by atoms with E-state index in [-0.39, 0.29) is 18.8 Å². The Bertz CT molecular complexity index is 624. The van der Waals surface area contributed by atoms with Gasteiger partial charge >= 0.3 is 12.3 Å². The number of carbonyl (C=O) groups is 1. The molecule has 2 heterocycles. The summed E-state index contributed by atoms with van der Waals surface area (Å²) in [6, 6.07) is 1.81. The van der Waals surface area contributed by atoms with E-state index < -0.39 is 17.8 Å². The van der Waals surface area contributed by atoms with E-state index in [0.29, 0.717) is 5.82 Å². The molecule has 0 aliphatic carbocycles. The zero-order valence-corrected chi connectivity index (χ0v) is 10.4. The topological polar surface area (TPSA) is 68.5 Å². The highest BCUT2D eigenvalue weighted by Crippen LogP contribution is 2.29. The molecule has 108 valence electrons. The lowest BCUT2D eigenvalue weighted by molar-refractivity contribution is -0.137. The first-order valence-corrected chi connectivity index (χ1v) is 5.73. The minimum absolute atomic E-state index is 0.00532. The zero-order valence-electron chi connectivity index (χ0n) is 10.4. The largest absolute Gasteiger partial charge is 0.450 e.